The van der Waals surface area contributed by atoms with Gasteiger partial charge in [0.1, 0.15) is 0 Å². The Hall–Kier alpha value is -1.00. The molecule has 0 amide bonds. The van der Waals surface area contributed by atoms with Crippen LogP contribution in [-0.4, -0.2) is 51.5 Å². The summed E-state index contributed by atoms with van der Waals surface area (Å²) in [6.07, 6.45) is 7.94. The standard InChI is InChI=1S/C15H24N4/c1-12-7-17-14(8-16-12)10-19-11-15-5-3-4-6-18(15)9-13(19)2/h7-8,13,15H,3-6,9-11H2,1-2H3. The Kier molecular flexibility index (Phi) is 3.80. The first-order chi connectivity index (χ1) is 9.22. The van der Waals surface area contributed by atoms with E-state index in [1.54, 1.807) is 0 Å². The number of nitrogens with zero attached hydrogens (tertiary/aromatic N) is 4. The summed E-state index contributed by atoms with van der Waals surface area (Å²) < 4.78 is 0. The van der Waals surface area contributed by atoms with Crippen molar-refractivity contribution in [1.82, 2.24) is 19.8 Å². The first-order valence-electron chi connectivity index (χ1n) is 7.48. The molecule has 0 N–H and O–H groups in total. The van der Waals surface area contributed by atoms with Crippen LogP contribution < -0.4 is 0 Å². The minimum Gasteiger partial charge on any atom is -0.298 e. The van der Waals surface area contributed by atoms with Gasteiger partial charge in [-0.1, -0.05) is 6.42 Å². The molecule has 2 atom stereocenters. The van der Waals surface area contributed by atoms with E-state index in [4.69, 9.17) is 0 Å². The van der Waals surface area contributed by atoms with E-state index in [1.807, 2.05) is 19.3 Å². The molecule has 2 aliphatic heterocycles. The van der Waals surface area contributed by atoms with Gasteiger partial charge in [-0.25, -0.2) is 0 Å². The van der Waals surface area contributed by atoms with Gasteiger partial charge >= 0.3 is 0 Å². The molecule has 3 rings (SSSR count). The fourth-order valence-electron chi connectivity index (χ4n) is 3.34. The summed E-state index contributed by atoms with van der Waals surface area (Å²) in [5.74, 6) is 0. The Labute approximate surface area is 115 Å². The zero-order chi connectivity index (χ0) is 13.2. The van der Waals surface area contributed by atoms with Gasteiger partial charge in [0.25, 0.3) is 0 Å². The van der Waals surface area contributed by atoms with Gasteiger partial charge in [0, 0.05) is 44.1 Å². The first-order valence-corrected chi connectivity index (χ1v) is 7.48. The number of hydrogen-bond donors (Lipinski definition) is 0. The lowest BCUT2D eigenvalue weighted by molar-refractivity contribution is 0.0104. The average molecular weight is 260 g/mol. The van der Waals surface area contributed by atoms with Crippen LogP contribution in [-0.2, 0) is 6.54 Å². The monoisotopic (exact) mass is 260 g/mol. The van der Waals surface area contributed by atoms with Crippen LogP contribution in [0, 0.1) is 6.92 Å². The molecule has 2 fully saturated rings. The molecule has 19 heavy (non-hydrogen) atoms. The molecule has 1 aromatic rings. The van der Waals surface area contributed by atoms with Gasteiger partial charge in [-0.2, -0.15) is 0 Å². The molecule has 0 saturated carbocycles. The maximum absolute atomic E-state index is 4.49. The lowest BCUT2D eigenvalue weighted by Crippen LogP contribution is -2.58. The van der Waals surface area contributed by atoms with Crippen molar-refractivity contribution in [3.8, 4) is 0 Å². The van der Waals surface area contributed by atoms with Gasteiger partial charge in [-0.3, -0.25) is 19.8 Å². The number of aromatic nitrogens is 2. The highest BCUT2D eigenvalue weighted by molar-refractivity contribution is 5.02. The van der Waals surface area contributed by atoms with E-state index < -0.39 is 0 Å². The summed E-state index contributed by atoms with van der Waals surface area (Å²) in [6.45, 7) is 8.97. The molecule has 0 bridgehead atoms. The van der Waals surface area contributed by atoms with Crippen molar-refractivity contribution < 1.29 is 0 Å². The van der Waals surface area contributed by atoms with E-state index in [2.05, 4.69) is 26.7 Å². The normalized spacial score (nSPS) is 29.2. The molecule has 0 spiro atoms. The second-order valence-electron chi connectivity index (χ2n) is 6.07. The van der Waals surface area contributed by atoms with Crippen LogP contribution in [0.15, 0.2) is 12.4 Å². The Morgan fingerprint density at radius 1 is 1.21 bits per heavy atom. The molecule has 2 unspecified atom stereocenters. The molecular formula is C15H24N4. The topological polar surface area (TPSA) is 32.3 Å². The molecule has 0 aromatic carbocycles. The Morgan fingerprint density at radius 3 is 2.89 bits per heavy atom. The van der Waals surface area contributed by atoms with Crippen LogP contribution in [0.5, 0.6) is 0 Å². The maximum Gasteiger partial charge on any atom is 0.0727 e. The van der Waals surface area contributed by atoms with E-state index in [0.717, 1.165) is 24.0 Å². The zero-order valence-corrected chi connectivity index (χ0v) is 12.0. The van der Waals surface area contributed by atoms with Crippen LogP contribution in [0.4, 0.5) is 0 Å². The SMILES string of the molecule is Cc1cnc(CN2CC3CCCCN3CC2C)cn1. The van der Waals surface area contributed by atoms with Crippen molar-refractivity contribution >= 4 is 0 Å². The summed E-state index contributed by atoms with van der Waals surface area (Å²) in [5.41, 5.74) is 2.09. The molecule has 0 aliphatic carbocycles. The second kappa shape index (κ2) is 5.55. The quantitative estimate of drug-likeness (QED) is 0.812. The number of hydrogen-bond acceptors (Lipinski definition) is 4. The summed E-state index contributed by atoms with van der Waals surface area (Å²) >= 11 is 0. The van der Waals surface area contributed by atoms with E-state index >= 15 is 0 Å². The van der Waals surface area contributed by atoms with Gasteiger partial charge in [-0.05, 0) is 33.2 Å². The predicted molar refractivity (Wildman–Crippen MR) is 75.9 cm³/mol. The Balaban J connectivity index is 1.65. The van der Waals surface area contributed by atoms with Gasteiger partial charge in [0.05, 0.1) is 11.4 Å². The number of aryl methyl sites for hydroxylation is 1. The maximum atomic E-state index is 4.49. The summed E-state index contributed by atoms with van der Waals surface area (Å²) in [6, 6.07) is 1.39. The second-order valence-corrected chi connectivity index (χ2v) is 6.07. The highest BCUT2D eigenvalue weighted by atomic mass is 15.3. The Bertz CT molecular complexity index is 417. The van der Waals surface area contributed by atoms with Crippen LogP contribution in [0.1, 0.15) is 37.6 Å². The number of piperazine rings is 1. The van der Waals surface area contributed by atoms with Crippen molar-refractivity contribution in [1.29, 1.82) is 0 Å². The van der Waals surface area contributed by atoms with E-state index in [1.165, 1.54) is 38.9 Å². The lowest BCUT2D eigenvalue weighted by Gasteiger charge is -2.47. The van der Waals surface area contributed by atoms with Crippen molar-refractivity contribution in [3.05, 3.63) is 23.8 Å². The van der Waals surface area contributed by atoms with Gasteiger partial charge in [0.2, 0.25) is 0 Å². The van der Waals surface area contributed by atoms with E-state index in [9.17, 15) is 0 Å². The number of rotatable bonds is 2. The molecule has 3 heterocycles. The van der Waals surface area contributed by atoms with Crippen LogP contribution in [0.25, 0.3) is 0 Å². The zero-order valence-electron chi connectivity index (χ0n) is 12.0. The highest BCUT2D eigenvalue weighted by Gasteiger charge is 2.32. The molecule has 104 valence electrons. The number of piperidine rings is 1. The summed E-state index contributed by atoms with van der Waals surface area (Å²) in [5, 5.41) is 0. The first kappa shape index (κ1) is 13.0. The van der Waals surface area contributed by atoms with Crippen molar-refractivity contribution in [2.75, 3.05) is 19.6 Å². The summed E-state index contributed by atoms with van der Waals surface area (Å²) in [4.78, 5) is 14.1. The third kappa shape index (κ3) is 2.95. The molecule has 4 nitrogen and oxygen atoms in total. The molecule has 0 radical (unpaired) electrons. The van der Waals surface area contributed by atoms with Gasteiger partial charge in [0.15, 0.2) is 0 Å². The van der Waals surface area contributed by atoms with E-state index in [-0.39, 0.29) is 0 Å². The third-order valence-corrected chi connectivity index (χ3v) is 4.52. The minimum atomic E-state index is 0.623. The molecular weight excluding hydrogens is 236 g/mol. The van der Waals surface area contributed by atoms with Crippen molar-refractivity contribution in [3.63, 3.8) is 0 Å². The molecule has 4 heteroatoms. The third-order valence-electron chi connectivity index (χ3n) is 4.52. The molecule has 1 aromatic heterocycles. The average Bonchev–Trinajstić information content (AvgIpc) is 2.42. The van der Waals surface area contributed by atoms with Crippen LogP contribution >= 0.6 is 0 Å². The Morgan fingerprint density at radius 2 is 2.11 bits per heavy atom. The summed E-state index contributed by atoms with van der Waals surface area (Å²) in [7, 11) is 0. The van der Waals surface area contributed by atoms with E-state index in [0.29, 0.717) is 6.04 Å². The van der Waals surface area contributed by atoms with Gasteiger partial charge in [-0.15, -0.1) is 0 Å². The fraction of sp³-hybridized carbons (Fsp3) is 0.733. The largest absolute Gasteiger partial charge is 0.298 e. The lowest BCUT2D eigenvalue weighted by atomic mass is 9.97. The van der Waals surface area contributed by atoms with Gasteiger partial charge < -0.3 is 0 Å². The fourth-order valence-corrected chi connectivity index (χ4v) is 3.34. The molecule has 2 aliphatic rings. The smallest absolute Gasteiger partial charge is 0.0727 e. The highest BCUT2D eigenvalue weighted by Crippen LogP contribution is 2.24. The van der Waals surface area contributed by atoms with Crippen LogP contribution in [0.2, 0.25) is 0 Å². The van der Waals surface area contributed by atoms with Crippen molar-refractivity contribution in [2.45, 2.75) is 51.7 Å². The molecule has 2 saturated heterocycles. The van der Waals surface area contributed by atoms with Crippen LogP contribution in [0.3, 0.4) is 0 Å². The van der Waals surface area contributed by atoms with Crippen molar-refractivity contribution in [2.24, 2.45) is 0 Å². The minimum absolute atomic E-state index is 0.623. The predicted octanol–water partition coefficient (Wildman–Crippen LogP) is 1.84. The number of fused-ring (bicyclic) bond motifs is 1.